The number of halogens is 1. The Labute approximate surface area is 191 Å². The quantitative estimate of drug-likeness (QED) is 0.275. The molecule has 1 aliphatic heterocycles. The highest BCUT2D eigenvalue weighted by molar-refractivity contribution is 8.27. The SMILES string of the molecule is C=CCOc1c(Cl)cc(/C=C2\SC(=S)N(c3ccc(C)cc3C)C2=O)cc1OCC. The topological polar surface area (TPSA) is 38.8 Å². The van der Waals surface area contributed by atoms with Crippen LogP contribution in [0.2, 0.25) is 5.02 Å². The van der Waals surface area contributed by atoms with Crippen molar-refractivity contribution in [3.8, 4) is 11.5 Å². The third-order valence-corrected chi connectivity index (χ3v) is 5.94. The Kier molecular flexibility index (Phi) is 7.23. The molecule has 1 saturated heterocycles. The maximum Gasteiger partial charge on any atom is 0.270 e. The molecule has 0 bridgehead atoms. The number of carbonyl (C=O) groups is 1. The molecule has 0 saturated carbocycles. The smallest absolute Gasteiger partial charge is 0.270 e. The minimum atomic E-state index is -0.155. The van der Waals surface area contributed by atoms with Crippen LogP contribution in [0.1, 0.15) is 23.6 Å². The molecule has 3 rings (SSSR count). The second-order valence-corrected chi connectivity index (χ2v) is 8.75. The number of rotatable bonds is 7. The third-order valence-electron chi connectivity index (χ3n) is 4.36. The Hall–Kier alpha value is -2.28. The molecular weight excluding hydrogens is 438 g/mol. The van der Waals surface area contributed by atoms with Crippen LogP contribution in [0.4, 0.5) is 5.69 Å². The first-order valence-electron chi connectivity index (χ1n) is 9.41. The number of thiocarbonyl (C=S) groups is 1. The molecule has 2 aromatic rings. The summed E-state index contributed by atoms with van der Waals surface area (Å²) in [7, 11) is 0. The minimum Gasteiger partial charge on any atom is -0.490 e. The largest absolute Gasteiger partial charge is 0.490 e. The van der Waals surface area contributed by atoms with Gasteiger partial charge in [-0.3, -0.25) is 9.69 Å². The molecule has 1 aliphatic rings. The first kappa shape index (κ1) is 22.4. The van der Waals surface area contributed by atoms with Gasteiger partial charge >= 0.3 is 0 Å². The summed E-state index contributed by atoms with van der Waals surface area (Å²) in [5.74, 6) is 0.819. The van der Waals surface area contributed by atoms with E-state index in [2.05, 4.69) is 6.58 Å². The average Bonchev–Trinajstić information content (AvgIpc) is 2.95. The molecule has 1 amide bonds. The molecule has 4 nitrogen and oxygen atoms in total. The summed E-state index contributed by atoms with van der Waals surface area (Å²) in [5, 5.41) is 0.402. The van der Waals surface area contributed by atoms with Gasteiger partial charge in [0.15, 0.2) is 15.8 Å². The maximum absolute atomic E-state index is 13.1. The van der Waals surface area contributed by atoms with E-state index in [0.29, 0.717) is 39.0 Å². The van der Waals surface area contributed by atoms with E-state index in [9.17, 15) is 4.79 Å². The molecule has 1 fully saturated rings. The first-order valence-corrected chi connectivity index (χ1v) is 11.0. The zero-order valence-corrected chi connectivity index (χ0v) is 19.4. The number of thioether (sulfide) groups is 1. The van der Waals surface area contributed by atoms with Gasteiger partial charge in [0.2, 0.25) is 0 Å². The number of anilines is 1. The van der Waals surface area contributed by atoms with Crippen LogP contribution in [-0.2, 0) is 4.79 Å². The zero-order chi connectivity index (χ0) is 21.8. The highest BCUT2D eigenvalue weighted by atomic mass is 35.5. The van der Waals surface area contributed by atoms with Crippen molar-refractivity contribution in [1.29, 1.82) is 0 Å². The van der Waals surface area contributed by atoms with Gasteiger partial charge in [-0.05, 0) is 56.2 Å². The van der Waals surface area contributed by atoms with Crippen molar-refractivity contribution in [1.82, 2.24) is 0 Å². The van der Waals surface area contributed by atoms with Crippen LogP contribution in [0, 0.1) is 13.8 Å². The average molecular weight is 460 g/mol. The van der Waals surface area contributed by atoms with E-state index in [4.69, 9.17) is 33.3 Å². The van der Waals surface area contributed by atoms with Crippen molar-refractivity contribution in [2.24, 2.45) is 0 Å². The predicted molar refractivity (Wildman–Crippen MR) is 130 cm³/mol. The third kappa shape index (κ3) is 4.72. The van der Waals surface area contributed by atoms with E-state index in [1.54, 1.807) is 29.2 Å². The standard InChI is InChI=1S/C23H22ClNO3S2/c1-5-9-28-21-17(24)11-16(12-19(21)27-6-2)13-20-22(26)25(23(29)30-20)18-8-7-14(3)10-15(18)4/h5,7-8,10-13H,1,6,9H2,2-4H3/b20-13-. The first-order chi connectivity index (χ1) is 14.3. The molecule has 0 N–H and O–H groups in total. The van der Waals surface area contributed by atoms with Gasteiger partial charge in [-0.25, -0.2) is 0 Å². The lowest BCUT2D eigenvalue weighted by atomic mass is 10.1. The van der Waals surface area contributed by atoms with Gasteiger partial charge in [-0.2, -0.15) is 0 Å². The van der Waals surface area contributed by atoms with Crippen LogP contribution in [0.5, 0.6) is 11.5 Å². The second kappa shape index (κ2) is 9.69. The van der Waals surface area contributed by atoms with Crippen molar-refractivity contribution in [2.75, 3.05) is 18.1 Å². The van der Waals surface area contributed by atoms with Crippen LogP contribution in [-0.4, -0.2) is 23.4 Å². The van der Waals surface area contributed by atoms with E-state index < -0.39 is 0 Å². The van der Waals surface area contributed by atoms with Gasteiger partial charge in [0.25, 0.3) is 5.91 Å². The van der Waals surface area contributed by atoms with E-state index in [1.807, 2.05) is 39.0 Å². The summed E-state index contributed by atoms with van der Waals surface area (Å²) in [6.07, 6.45) is 3.41. The number of nitrogens with zero attached hydrogens (tertiary/aromatic N) is 1. The molecule has 0 unspecified atom stereocenters. The van der Waals surface area contributed by atoms with E-state index in [-0.39, 0.29) is 5.91 Å². The van der Waals surface area contributed by atoms with Crippen molar-refractivity contribution in [2.45, 2.75) is 20.8 Å². The number of benzene rings is 2. The molecule has 0 atom stereocenters. The Morgan fingerprint density at radius 2 is 2.00 bits per heavy atom. The monoisotopic (exact) mass is 459 g/mol. The summed E-state index contributed by atoms with van der Waals surface area (Å²) < 4.78 is 11.8. The van der Waals surface area contributed by atoms with Gasteiger partial charge < -0.3 is 9.47 Å². The van der Waals surface area contributed by atoms with Crippen LogP contribution in [0.3, 0.4) is 0 Å². The molecular formula is C23H22ClNO3S2. The summed E-state index contributed by atoms with van der Waals surface area (Å²) in [6.45, 7) is 10.3. The summed E-state index contributed by atoms with van der Waals surface area (Å²) in [4.78, 5) is 15.2. The van der Waals surface area contributed by atoms with Gasteiger partial charge in [-0.15, -0.1) is 0 Å². The fourth-order valence-electron chi connectivity index (χ4n) is 3.10. The fraction of sp³-hybridized carbons (Fsp3) is 0.217. The highest BCUT2D eigenvalue weighted by Gasteiger charge is 2.34. The Morgan fingerprint density at radius 1 is 1.23 bits per heavy atom. The molecule has 2 aromatic carbocycles. The normalized spacial score (nSPS) is 15.1. The lowest BCUT2D eigenvalue weighted by Crippen LogP contribution is -2.28. The number of aryl methyl sites for hydroxylation is 2. The lowest BCUT2D eigenvalue weighted by molar-refractivity contribution is -0.113. The molecule has 0 spiro atoms. The van der Waals surface area contributed by atoms with E-state index in [1.165, 1.54) is 11.8 Å². The van der Waals surface area contributed by atoms with Crippen molar-refractivity contribution in [3.05, 3.63) is 69.6 Å². The van der Waals surface area contributed by atoms with E-state index >= 15 is 0 Å². The number of hydrogen-bond donors (Lipinski definition) is 0. The van der Waals surface area contributed by atoms with Gasteiger partial charge in [0.05, 0.1) is 22.2 Å². The van der Waals surface area contributed by atoms with Gasteiger partial charge in [0.1, 0.15) is 6.61 Å². The number of carbonyl (C=O) groups excluding carboxylic acids is 1. The summed E-state index contributed by atoms with van der Waals surface area (Å²) in [6, 6.07) is 9.48. The molecule has 0 aliphatic carbocycles. The molecule has 0 radical (unpaired) electrons. The summed E-state index contributed by atoms with van der Waals surface area (Å²) in [5.41, 5.74) is 3.66. The van der Waals surface area contributed by atoms with Crippen LogP contribution in [0.25, 0.3) is 6.08 Å². The lowest BCUT2D eigenvalue weighted by Gasteiger charge is -2.17. The van der Waals surface area contributed by atoms with Gasteiger partial charge in [0, 0.05) is 0 Å². The van der Waals surface area contributed by atoms with Crippen molar-refractivity contribution >= 4 is 57.6 Å². The Balaban J connectivity index is 1.96. The molecule has 1 heterocycles. The van der Waals surface area contributed by atoms with E-state index in [0.717, 1.165) is 22.4 Å². The zero-order valence-electron chi connectivity index (χ0n) is 17.0. The minimum absolute atomic E-state index is 0.155. The van der Waals surface area contributed by atoms with Gasteiger partial charge in [-0.1, -0.05) is 65.9 Å². The van der Waals surface area contributed by atoms with Crippen molar-refractivity contribution < 1.29 is 14.3 Å². The number of amides is 1. The van der Waals surface area contributed by atoms with Crippen LogP contribution >= 0.6 is 35.6 Å². The molecule has 30 heavy (non-hydrogen) atoms. The second-order valence-electron chi connectivity index (χ2n) is 6.67. The number of ether oxygens (including phenoxy) is 2. The maximum atomic E-state index is 13.1. The van der Waals surface area contributed by atoms with Crippen LogP contribution < -0.4 is 14.4 Å². The Bertz CT molecular complexity index is 1050. The molecule has 156 valence electrons. The fourth-order valence-corrected chi connectivity index (χ4v) is 4.66. The Morgan fingerprint density at radius 3 is 2.67 bits per heavy atom. The van der Waals surface area contributed by atoms with Crippen molar-refractivity contribution in [3.63, 3.8) is 0 Å². The summed E-state index contributed by atoms with van der Waals surface area (Å²) >= 11 is 13.2. The number of hydrogen-bond acceptors (Lipinski definition) is 5. The van der Waals surface area contributed by atoms with Crippen LogP contribution in [0.15, 0.2) is 47.9 Å². The molecule has 0 aromatic heterocycles. The predicted octanol–water partition coefficient (Wildman–Crippen LogP) is 6.33. The highest BCUT2D eigenvalue weighted by Crippen LogP contribution is 2.40. The molecule has 7 heteroatoms.